The lowest BCUT2D eigenvalue weighted by Gasteiger charge is -2.05. The summed E-state index contributed by atoms with van der Waals surface area (Å²) >= 11 is 3.46. The summed E-state index contributed by atoms with van der Waals surface area (Å²) in [6.45, 7) is 0.610. The highest BCUT2D eigenvalue weighted by Crippen LogP contribution is 2.21. The van der Waals surface area contributed by atoms with Crippen molar-refractivity contribution in [2.24, 2.45) is 0 Å². The topological polar surface area (TPSA) is 54.9 Å². The van der Waals surface area contributed by atoms with E-state index in [2.05, 4.69) is 31.2 Å². The minimum absolute atomic E-state index is 0.565. The summed E-state index contributed by atoms with van der Waals surface area (Å²) in [7, 11) is -0.798. The van der Waals surface area contributed by atoms with Crippen molar-refractivity contribution >= 4 is 43.6 Å². The lowest BCUT2D eigenvalue weighted by atomic mass is 10.2. The van der Waals surface area contributed by atoms with Crippen molar-refractivity contribution in [3.63, 3.8) is 0 Å². The highest BCUT2D eigenvalue weighted by Gasteiger charge is 2.02. The maximum absolute atomic E-state index is 10.9. The number of benzene rings is 1. The molecule has 0 radical (unpaired) electrons. The zero-order chi connectivity index (χ0) is 12.3. The third-order valence-electron chi connectivity index (χ3n) is 2.23. The van der Waals surface area contributed by atoms with Crippen LogP contribution in [0.1, 0.15) is 0 Å². The number of hydrogen-bond acceptors (Lipinski definition) is 4. The Morgan fingerprint density at radius 3 is 3.06 bits per heavy atom. The van der Waals surface area contributed by atoms with Crippen LogP contribution < -0.4 is 5.32 Å². The monoisotopic (exact) mass is 313 g/mol. The average molecular weight is 314 g/mol. The van der Waals surface area contributed by atoms with E-state index in [9.17, 15) is 4.21 Å². The van der Waals surface area contributed by atoms with Crippen molar-refractivity contribution in [2.75, 3.05) is 23.9 Å². The average Bonchev–Trinajstić information content (AvgIpc) is 2.30. The van der Waals surface area contributed by atoms with Gasteiger partial charge in [0.05, 0.1) is 5.52 Å². The maximum Gasteiger partial charge on any atom is 0.223 e. The minimum Gasteiger partial charge on any atom is -0.353 e. The van der Waals surface area contributed by atoms with Gasteiger partial charge in [0.2, 0.25) is 5.95 Å². The van der Waals surface area contributed by atoms with E-state index in [1.165, 1.54) is 0 Å². The van der Waals surface area contributed by atoms with Crippen LogP contribution >= 0.6 is 15.9 Å². The first-order valence-electron chi connectivity index (χ1n) is 5.12. The van der Waals surface area contributed by atoms with Crippen molar-refractivity contribution in [3.05, 3.63) is 28.9 Å². The molecule has 0 saturated heterocycles. The molecule has 1 unspecified atom stereocenters. The number of aromatic nitrogens is 2. The summed E-state index contributed by atoms with van der Waals surface area (Å²) in [4.78, 5) is 8.61. The van der Waals surface area contributed by atoms with E-state index in [1.54, 1.807) is 12.5 Å². The van der Waals surface area contributed by atoms with Crippen LogP contribution in [0.25, 0.3) is 10.9 Å². The molecule has 6 heteroatoms. The van der Waals surface area contributed by atoms with Gasteiger partial charge in [-0.05, 0) is 22.0 Å². The number of nitrogens with zero attached hydrogens (tertiary/aromatic N) is 2. The van der Waals surface area contributed by atoms with E-state index in [1.807, 2.05) is 18.2 Å². The van der Waals surface area contributed by atoms with Gasteiger partial charge in [0.15, 0.2) is 0 Å². The Morgan fingerprint density at radius 1 is 1.47 bits per heavy atom. The molecular formula is C11H12BrN3OS. The molecule has 1 N–H and O–H groups in total. The van der Waals surface area contributed by atoms with Gasteiger partial charge in [-0.3, -0.25) is 4.21 Å². The summed E-state index contributed by atoms with van der Waals surface area (Å²) in [6.07, 6.45) is 3.46. The number of rotatable bonds is 4. The van der Waals surface area contributed by atoms with Crippen molar-refractivity contribution in [2.45, 2.75) is 0 Å². The molecule has 2 rings (SSSR count). The quantitative estimate of drug-likeness (QED) is 0.940. The van der Waals surface area contributed by atoms with Crippen LogP contribution in [-0.2, 0) is 10.8 Å². The molecule has 0 fully saturated rings. The molecule has 1 atom stereocenters. The van der Waals surface area contributed by atoms with Crippen LogP contribution in [-0.4, -0.2) is 32.7 Å². The van der Waals surface area contributed by atoms with Crippen molar-refractivity contribution < 1.29 is 4.21 Å². The highest BCUT2D eigenvalue weighted by molar-refractivity contribution is 9.10. The van der Waals surface area contributed by atoms with E-state index in [0.29, 0.717) is 18.2 Å². The number of para-hydroxylation sites is 1. The van der Waals surface area contributed by atoms with Crippen LogP contribution in [0.4, 0.5) is 5.95 Å². The Bertz CT molecular complexity index is 561. The predicted octanol–water partition coefficient (Wildman–Crippen LogP) is 2.18. The van der Waals surface area contributed by atoms with Gasteiger partial charge in [-0.15, -0.1) is 0 Å². The zero-order valence-corrected chi connectivity index (χ0v) is 11.7. The third kappa shape index (κ3) is 3.23. The van der Waals surface area contributed by atoms with Crippen molar-refractivity contribution in [1.82, 2.24) is 9.97 Å². The second-order valence-electron chi connectivity index (χ2n) is 3.58. The van der Waals surface area contributed by atoms with E-state index in [0.717, 1.165) is 15.4 Å². The Morgan fingerprint density at radius 2 is 2.29 bits per heavy atom. The first-order chi connectivity index (χ1) is 8.16. The van der Waals surface area contributed by atoms with Gasteiger partial charge in [0, 0.05) is 45.4 Å². The predicted molar refractivity (Wildman–Crippen MR) is 74.7 cm³/mol. The van der Waals surface area contributed by atoms with E-state index < -0.39 is 10.8 Å². The summed E-state index contributed by atoms with van der Waals surface area (Å²) in [5, 5.41) is 4.05. The van der Waals surface area contributed by atoms with E-state index in [-0.39, 0.29) is 0 Å². The van der Waals surface area contributed by atoms with Crippen LogP contribution in [0.15, 0.2) is 28.9 Å². The molecule has 0 amide bonds. The Balaban J connectivity index is 2.19. The number of hydrogen-bond donors (Lipinski definition) is 1. The largest absolute Gasteiger partial charge is 0.353 e. The maximum atomic E-state index is 10.9. The fourth-order valence-corrected chi connectivity index (χ4v) is 2.27. The highest BCUT2D eigenvalue weighted by atomic mass is 79.9. The molecule has 4 nitrogen and oxygen atoms in total. The smallest absolute Gasteiger partial charge is 0.223 e. The fourth-order valence-electron chi connectivity index (χ4n) is 1.41. The van der Waals surface area contributed by atoms with Gasteiger partial charge in [-0.1, -0.05) is 12.1 Å². The molecule has 1 aromatic heterocycles. The van der Waals surface area contributed by atoms with Crippen LogP contribution in [0.2, 0.25) is 0 Å². The lowest BCUT2D eigenvalue weighted by Crippen LogP contribution is -2.11. The Labute approximate surface area is 110 Å². The SMILES string of the molecule is CS(=O)CCNc1ncc2cccc(Br)c2n1. The first-order valence-corrected chi connectivity index (χ1v) is 7.64. The normalized spacial score (nSPS) is 12.6. The molecule has 0 spiro atoms. The number of halogens is 1. The van der Waals surface area contributed by atoms with Gasteiger partial charge >= 0.3 is 0 Å². The van der Waals surface area contributed by atoms with Crippen LogP contribution in [0, 0.1) is 0 Å². The van der Waals surface area contributed by atoms with Crippen molar-refractivity contribution in [1.29, 1.82) is 0 Å². The minimum atomic E-state index is -0.798. The lowest BCUT2D eigenvalue weighted by molar-refractivity contribution is 0.687. The van der Waals surface area contributed by atoms with Crippen LogP contribution in [0.5, 0.6) is 0 Å². The van der Waals surface area contributed by atoms with Gasteiger partial charge in [0.1, 0.15) is 0 Å². The molecular weight excluding hydrogens is 302 g/mol. The molecule has 0 saturated carbocycles. The summed E-state index contributed by atoms with van der Waals surface area (Å²) in [5.41, 5.74) is 0.877. The Kier molecular flexibility index (Phi) is 4.06. The number of fused-ring (bicyclic) bond motifs is 1. The standard InChI is InChI=1S/C11H12BrN3OS/c1-17(16)6-5-13-11-14-7-8-3-2-4-9(12)10(8)15-11/h2-4,7H,5-6H2,1H3,(H,13,14,15). The molecule has 0 aliphatic heterocycles. The molecule has 1 aromatic carbocycles. The van der Waals surface area contributed by atoms with Crippen molar-refractivity contribution in [3.8, 4) is 0 Å². The third-order valence-corrected chi connectivity index (χ3v) is 3.65. The molecule has 0 aliphatic rings. The summed E-state index contributed by atoms with van der Waals surface area (Å²) in [5.74, 6) is 1.16. The Hall–Kier alpha value is -1.01. The molecule has 17 heavy (non-hydrogen) atoms. The van der Waals surface area contributed by atoms with Gasteiger partial charge in [0.25, 0.3) is 0 Å². The molecule has 0 bridgehead atoms. The van der Waals surface area contributed by atoms with Gasteiger partial charge in [-0.2, -0.15) is 0 Å². The van der Waals surface area contributed by atoms with Crippen LogP contribution in [0.3, 0.4) is 0 Å². The molecule has 90 valence electrons. The molecule has 1 heterocycles. The first kappa shape index (κ1) is 12.4. The van der Waals surface area contributed by atoms with Gasteiger partial charge < -0.3 is 5.32 Å². The molecule has 0 aliphatic carbocycles. The number of nitrogens with one attached hydrogen (secondary N) is 1. The van der Waals surface area contributed by atoms with E-state index >= 15 is 0 Å². The second-order valence-corrected chi connectivity index (χ2v) is 5.98. The molecule has 2 aromatic rings. The fraction of sp³-hybridized carbons (Fsp3) is 0.273. The summed E-state index contributed by atoms with van der Waals surface area (Å²) < 4.78 is 11.9. The summed E-state index contributed by atoms with van der Waals surface area (Å²) in [6, 6.07) is 5.86. The van der Waals surface area contributed by atoms with E-state index in [4.69, 9.17) is 0 Å². The number of anilines is 1. The second kappa shape index (κ2) is 5.55. The van der Waals surface area contributed by atoms with Gasteiger partial charge in [-0.25, -0.2) is 9.97 Å². The zero-order valence-electron chi connectivity index (χ0n) is 9.31.